The molecule has 8 atom stereocenters. The third-order valence-electron chi connectivity index (χ3n) is 15.0. The molecule has 3 fully saturated rings. The zero-order valence-electron chi connectivity index (χ0n) is 35.7. The molecule has 0 amide bonds. The molecule has 342 valence electrons. The number of fused-ring (bicyclic) bond motifs is 5. The monoisotopic (exact) mass is 914 g/mol. The fourth-order valence-electron chi connectivity index (χ4n) is 11.6. The van der Waals surface area contributed by atoms with Crippen LogP contribution in [0.15, 0.2) is 84.3 Å². The molecule has 64 heavy (non-hydrogen) atoms. The van der Waals surface area contributed by atoms with Crippen molar-refractivity contribution in [1.29, 1.82) is 0 Å². The number of carbonyl (C=O) groups excluding carboxylic acids is 2. The lowest BCUT2D eigenvalue weighted by Crippen LogP contribution is -2.69. The standard InChI is InChI=1S/C49H58N2O11S2/c52-25-30-9-6-8-29(20-30)21-31-22-34-41(55)33-10-7-11-35-40(33)43(57)49(34,37(54)23-31)38(12-18-47(59)16-2-1-3-17-47)64-63-28-51-39-24-32(13-19-50-39)46(14-4-5-15-46)27-48(60)42(56)36(26-53)62-45(61-35)44(48)58/h6-11,13,19-20,22-24,34,36,38,42,44-45,52-54,56,58-60H,1-5,12,14-18,21,25-28H2,(H,50,51). The second-order valence-corrected chi connectivity index (χ2v) is 21.4. The number of nitrogens with zero attached hydrogens (tertiary/aromatic N) is 1. The van der Waals surface area contributed by atoms with Gasteiger partial charge in [-0.05, 0) is 103 Å². The number of benzene rings is 2. The number of Topliss-reactive ketones (excluding diaryl/α,β-unsaturated/α-hetero) is 2. The van der Waals surface area contributed by atoms with Crippen molar-refractivity contribution in [2.45, 2.75) is 137 Å². The van der Waals surface area contributed by atoms with Crippen molar-refractivity contribution < 1.29 is 54.8 Å². The van der Waals surface area contributed by atoms with Crippen molar-refractivity contribution >= 4 is 39.0 Å². The first kappa shape index (κ1) is 45.4. The van der Waals surface area contributed by atoms with E-state index in [0.717, 1.165) is 43.2 Å². The SMILES string of the molecule is O=C1c2cccc3c2C(=O)C2(C(O)=CC(Cc4cccc(CO)c4)=CC12)C(CCC1(O)CCCCC1)SSCNc1cc(ccn1)C1(CCCC1)CC1(O)C(O)C(CO)OC(O3)C1O. The van der Waals surface area contributed by atoms with Gasteiger partial charge < -0.3 is 50.5 Å². The summed E-state index contributed by atoms with van der Waals surface area (Å²) in [5.74, 6) is -1.75. The Kier molecular flexibility index (Phi) is 12.9. The highest BCUT2D eigenvalue weighted by Gasteiger charge is 2.63. The summed E-state index contributed by atoms with van der Waals surface area (Å²) < 4.78 is 12.5. The second-order valence-electron chi connectivity index (χ2n) is 18.8. The van der Waals surface area contributed by atoms with Crippen LogP contribution in [-0.2, 0) is 23.2 Å². The molecule has 1 aromatic heterocycles. The van der Waals surface area contributed by atoms with Gasteiger partial charge in [-0.25, -0.2) is 4.98 Å². The number of hydrogen-bond donors (Lipinski definition) is 8. The Morgan fingerprint density at radius 3 is 2.41 bits per heavy atom. The van der Waals surface area contributed by atoms with Gasteiger partial charge in [0.2, 0.25) is 6.29 Å². The first-order chi connectivity index (χ1) is 30.8. The third-order valence-corrected chi connectivity index (χ3v) is 17.7. The van der Waals surface area contributed by atoms with E-state index in [1.807, 2.05) is 30.3 Å². The van der Waals surface area contributed by atoms with Gasteiger partial charge in [0.05, 0.1) is 36.2 Å². The number of aliphatic hydroxyl groups excluding tert-OH is 5. The molecular weight excluding hydrogens is 857 g/mol. The summed E-state index contributed by atoms with van der Waals surface area (Å²) in [5, 5.41) is 84.0. The van der Waals surface area contributed by atoms with Crippen molar-refractivity contribution in [1.82, 2.24) is 4.98 Å². The molecule has 2 saturated carbocycles. The lowest BCUT2D eigenvalue weighted by atomic mass is 9.56. The zero-order valence-corrected chi connectivity index (χ0v) is 37.4. The molecule has 3 heterocycles. The zero-order chi connectivity index (χ0) is 44.9. The smallest absolute Gasteiger partial charge is 0.229 e. The second kappa shape index (κ2) is 18.1. The molecule has 4 aliphatic carbocycles. The molecule has 13 nitrogen and oxygen atoms in total. The number of allylic oxidation sites excluding steroid dienone is 4. The quantitative estimate of drug-likeness (QED) is 0.123. The van der Waals surface area contributed by atoms with Crippen LogP contribution in [0.3, 0.4) is 0 Å². The van der Waals surface area contributed by atoms with E-state index in [0.29, 0.717) is 61.4 Å². The summed E-state index contributed by atoms with van der Waals surface area (Å²) >= 11 is 0. The molecule has 2 spiro atoms. The average Bonchev–Trinajstić information content (AvgIpc) is 3.78. The molecule has 8 unspecified atom stereocenters. The Balaban J connectivity index is 1.19. The van der Waals surface area contributed by atoms with Crippen LogP contribution in [0.1, 0.15) is 114 Å². The van der Waals surface area contributed by atoms with Crippen LogP contribution in [0.5, 0.6) is 5.75 Å². The minimum atomic E-state index is -2.26. The van der Waals surface area contributed by atoms with Gasteiger partial charge in [-0.3, -0.25) is 9.59 Å². The van der Waals surface area contributed by atoms with Gasteiger partial charge in [-0.2, -0.15) is 0 Å². The van der Waals surface area contributed by atoms with Crippen molar-refractivity contribution in [2.24, 2.45) is 11.3 Å². The van der Waals surface area contributed by atoms with Crippen molar-refractivity contribution in [3.8, 4) is 5.75 Å². The number of ether oxygens (including phenoxy) is 2. The fraction of sp³-hybridized carbons (Fsp3) is 0.531. The number of hydrogen-bond acceptors (Lipinski definition) is 15. The van der Waals surface area contributed by atoms with E-state index in [9.17, 15) is 35.7 Å². The molecule has 9 rings (SSSR count). The van der Waals surface area contributed by atoms with Crippen LogP contribution in [0.25, 0.3) is 0 Å². The number of aromatic nitrogens is 1. The summed E-state index contributed by atoms with van der Waals surface area (Å²) in [4.78, 5) is 35.8. The summed E-state index contributed by atoms with van der Waals surface area (Å²) in [5.41, 5.74) is -2.86. The summed E-state index contributed by atoms with van der Waals surface area (Å²) in [6.45, 7) is -0.876. The van der Waals surface area contributed by atoms with Crippen LogP contribution in [0, 0.1) is 11.3 Å². The predicted molar refractivity (Wildman–Crippen MR) is 243 cm³/mol. The van der Waals surface area contributed by atoms with Crippen LogP contribution in [0.4, 0.5) is 5.82 Å². The first-order valence-corrected chi connectivity index (χ1v) is 25.0. The first-order valence-electron chi connectivity index (χ1n) is 22.6. The van der Waals surface area contributed by atoms with Gasteiger partial charge in [-0.1, -0.05) is 96.2 Å². The molecule has 6 bridgehead atoms. The molecule has 6 aliphatic rings. The molecule has 15 heteroatoms. The number of carbonyl (C=O) groups is 2. The number of rotatable bonds is 7. The highest BCUT2D eigenvalue weighted by Crippen LogP contribution is 2.59. The van der Waals surface area contributed by atoms with Gasteiger partial charge in [0, 0.05) is 17.0 Å². The number of aliphatic hydroxyl groups is 7. The Labute approximate surface area is 380 Å². The van der Waals surface area contributed by atoms with Gasteiger partial charge in [0.15, 0.2) is 11.6 Å². The van der Waals surface area contributed by atoms with Crippen molar-refractivity contribution in [2.75, 3.05) is 17.8 Å². The van der Waals surface area contributed by atoms with Gasteiger partial charge in [-0.15, -0.1) is 0 Å². The van der Waals surface area contributed by atoms with E-state index in [1.165, 1.54) is 33.7 Å². The molecular formula is C49H58N2O11S2. The Morgan fingerprint density at radius 2 is 1.64 bits per heavy atom. The highest BCUT2D eigenvalue weighted by molar-refractivity contribution is 8.77. The maximum Gasteiger partial charge on any atom is 0.229 e. The third kappa shape index (κ3) is 8.02. The Morgan fingerprint density at radius 1 is 0.891 bits per heavy atom. The normalized spacial score (nSPS) is 32.3. The molecule has 3 aromatic rings. The number of anilines is 1. The topological polar surface area (TPSA) is 219 Å². The van der Waals surface area contributed by atoms with E-state index in [4.69, 9.17) is 9.47 Å². The fourth-order valence-corrected chi connectivity index (χ4v) is 14.4. The van der Waals surface area contributed by atoms with E-state index >= 15 is 9.59 Å². The van der Waals surface area contributed by atoms with E-state index in [1.54, 1.807) is 30.5 Å². The van der Waals surface area contributed by atoms with E-state index in [2.05, 4.69) is 10.3 Å². The minimum Gasteiger partial charge on any atom is -0.511 e. The average molecular weight is 915 g/mol. The maximum absolute atomic E-state index is 15.9. The predicted octanol–water partition coefficient (Wildman–Crippen LogP) is 6.24. The van der Waals surface area contributed by atoms with E-state index < -0.39 is 76.0 Å². The van der Waals surface area contributed by atoms with Crippen LogP contribution < -0.4 is 10.1 Å². The van der Waals surface area contributed by atoms with Gasteiger partial charge >= 0.3 is 0 Å². The number of pyridine rings is 1. The molecule has 8 N–H and O–H groups in total. The van der Waals surface area contributed by atoms with E-state index in [-0.39, 0.29) is 42.1 Å². The van der Waals surface area contributed by atoms with Gasteiger partial charge in [0.1, 0.15) is 46.7 Å². The van der Waals surface area contributed by atoms with Crippen LogP contribution in [-0.4, -0.2) is 106 Å². The number of nitrogens with one attached hydrogen (secondary N) is 1. The van der Waals surface area contributed by atoms with Crippen molar-refractivity contribution in [3.05, 3.63) is 112 Å². The van der Waals surface area contributed by atoms with Crippen molar-refractivity contribution in [3.63, 3.8) is 0 Å². The molecule has 2 aromatic carbocycles. The molecule has 0 radical (unpaired) electrons. The maximum atomic E-state index is 15.9. The summed E-state index contributed by atoms with van der Waals surface area (Å²) in [7, 11) is 2.80. The minimum absolute atomic E-state index is 0.0443. The summed E-state index contributed by atoms with van der Waals surface area (Å²) in [6, 6.07) is 15.8. The molecule has 2 aliphatic heterocycles. The largest absolute Gasteiger partial charge is 0.511 e. The Hall–Kier alpha value is -3.77. The van der Waals surface area contributed by atoms with Gasteiger partial charge in [0.25, 0.3) is 0 Å². The lowest BCUT2D eigenvalue weighted by Gasteiger charge is -2.51. The summed E-state index contributed by atoms with van der Waals surface area (Å²) in [6.07, 6.45) is 6.08. The van der Waals surface area contributed by atoms with Crippen LogP contribution in [0.2, 0.25) is 0 Å². The highest BCUT2D eigenvalue weighted by atomic mass is 33.1. The Bertz CT molecular complexity index is 2310. The molecule has 1 saturated heterocycles. The lowest BCUT2D eigenvalue weighted by molar-refractivity contribution is -0.318. The number of ketones is 2. The van der Waals surface area contributed by atoms with Crippen LogP contribution >= 0.6 is 21.6 Å².